The van der Waals surface area contributed by atoms with E-state index in [4.69, 9.17) is 42.6 Å². The van der Waals surface area contributed by atoms with E-state index in [9.17, 15) is 14.4 Å². The molecule has 0 aliphatic heterocycles. The number of hydrogen-bond acceptors (Lipinski definition) is 15. The summed E-state index contributed by atoms with van der Waals surface area (Å²) < 4.78 is 49.4. The lowest BCUT2D eigenvalue weighted by atomic mass is 9.65. The van der Waals surface area contributed by atoms with Gasteiger partial charge in [0.2, 0.25) is 0 Å². The molecule has 0 aromatic carbocycles. The Bertz CT molecular complexity index is 1150. The van der Waals surface area contributed by atoms with E-state index in [-0.39, 0.29) is 39.3 Å². The Kier molecular flexibility index (Phi) is 28.8. The molecular formula is C40H69NO12S2. The molecule has 1 aromatic rings. The van der Waals surface area contributed by atoms with Gasteiger partial charge in [0.25, 0.3) is 0 Å². The van der Waals surface area contributed by atoms with Crippen molar-refractivity contribution in [3.8, 4) is 0 Å². The summed E-state index contributed by atoms with van der Waals surface area (Å²) in [6.07, 6.45) is 6.28. The van der Waals surface area contributed by atoms with Crippen LogP contribution in [-0.4, -0.2) is 128 Å². The second kappa shape index (κ2) is 31.1. The van der Waals surface area contributed by atoms with Gasteiger partial charge in [0.1, 0.15) is 18.2 Å². The molecular weight excluding hydrogens is 751 g/mol. The molecule has 0 bridgehead atoms. The van der Waals surface area contributed by atoms with Crippen LogP contribution in [0.5, 0.6) is 0 Å². The van der Waals surface area contributed by atoms with Gasteiger partial charge >= 0.3 is 17.9 Å². The minimum absolute atomic E-state index is 0.0575. The van der Waals surface area contributed by atoms with Gasteiger partial charge in [-0.05, 0) is 76.3 Å². The number of methoxy groups -OCH3 is 1. The molecule has 2 atom stereocenters. The molecule has 0 amide bonds. The van der Waals surface area contributed by atoms with Crippen LogP contribution in [0, 0.1) is 16.2 Å². The molecule has 318 valence electrons. The van der Waals surface area contributed by atoms with E-state index >= 15 is 0 Å². The Morgan fingerprint density at radius 3 is 1.65 bits per heavy atom. The van der Waals surface area contributed by atoms with Crippen LogP contribution in [0.1, 0.15) is 86.5 Å². The molecule has 2 unspecified atom stereocenters. The van der Waals surface area contributed by atoms with Gasteiger partial charge in [-0.3, -0.25) is 14.4 Å². The fourth-order valence-electron chi connectivity index (χ4n) is 5.68. The Balaban J connectivity index is 2.55. The van der Waals surface area contributed by atoms with E-state index in [1.165, 1.54) is 10.8 Å². The summed E-state index contributed by atoms with van der Waals surface area (Å²) in [4.78, 5) is 44.9. The van der Waals surface area contributed by atoms with Crippen molar-refractivity contribution in [3.63, 3.8) is 0 Å². The number of carbonyl (C=O) groups excluding carboxylic acids is 3. The normalized spacial score (nSPS) is 13.9. The summed E-state index contributed by atoms with van der Waals surface area (Å²) in [6.45, 7) is 16.6. The maximum Gasteiger partial charge on any atom is 0.311 e. The molecule has 0 saturated heterocycles. The van der Waals surface area contributed by atoms with Crippen LogP contribution in [0.2, 0.25) is 0 Å². The van der Waals surface area contributed by atoms with Crippen molar-refractivity contribution in [1.29, 1.82) is 0 Å². The van der Waals surface area contributed by atoms with Gasteiger partial charge in [-0.2, -0.15) is 0 Å². The zero-order valence-corrected chi connectivity index (χ0v) is 36.2. The first-order chi connectivity index (χ1) is 26.4. The minimum atomic E-state index is -1.16. The van der Waals surface area contributed by atoms with Crippen molar-refractivity contribution in [2.75, 3.05) is 105 Å². The van der Waals surface area contributed by atoms with Crippen LogP contribution >= 0.6 is 21.6 Å². The molecule has 0 aliphatic rings. The summed E-state index contributed by atoms with van der Waals surface area (Å²) >= 11 is 0. The second-order valence-electron chi connectivity index (χ2n) is 14.3. The third kappa shape index (κ3) is 23.8. The molecule has 0 radical (unpaired) electrons. The minimum Gasteiger partial charge on any atom is -0.465 e. The van der Waals surface area contributed by atoms with Crippen LogP contribution < -0.4 is 0 Å². The Morgan fingerprint density at radius 2 is 1.13 bits per heavy atom. The molecule has 0 spiro atoms. The van der Waals surface area contributed by atoms with Gasteiger partial charge in [0, 0.05) is 19.1 Å². The fraction of sp³-hybridized carbons (Fsp3) is 0.800. The van der Waals surface area contributed by atoms with E-state index < -0.39 is 34.2 Å². The van der Waals surface area contributed by atoms with Gasteiger partial charge in [-0.1, -0.05) is 50.0 Å². The second-order valence-corrected chi connectivity index (χ2v) is 16.7. The average Bonchev–Trinajstić information content (AvgIpc) is 3.17. The van der Waals surface area contributed by atoms with Crippen LogP contribution in [0.25, 0.3) is 0 Å². The van der Waals surface area contributed by atoms with Crippen molar-refractivity contribution in [2.24, 2.45) is 16.2 Å². The van der Waals surface area contributed by atoms with Crippen molar-refractivity contribution in [3.05, 3.63) is 24.4 Å². The average molecular weight is 820 g/mol. The number of ether oxygens (including phenoxy) is 9. The third-order valence-electron chi connectivity index (χ3n) is 8.72. The lowest BCUT2D eigenvalue weighted by Gasteiger charge is -2.39. The first-order valence-electron chi connectivity index (χ1n) is 19.5. The largest absolute Gasteiger partial charge is 0.465 e. The smallest absolute Gasteiger partial charge is 0.311 e. The maximum atomic E-state index is 13.8. The van der Waals surface area contributed by atoms with E-state index in [1.54, 1.807) is 51.8 Å². The third-order valence-corrected chi connectivity index (χ3v) is 11.0. The van der Waals surface area contributed by atoms with Crippen LogP contribution in [0.15, 0.2) is 29.4 Å². The molecule has 0 aliphatic carbocycles. The maximum absolute atomic E-state index is 13.8. The Morgan fingerprint density at radius 1 is 0.600 bits per heavy atom. The predicted molar refractivity (Wildman–Crippen MR) is 215 cm³/mol. The van der Waals surface area contributed by atoms with E-state index in [0.717, 1.165) is 30.7 Å². The van der Waals surface area contributed by atoms with Crippen molar-refractivity contribution in [2.45, 2.75) is 91.5 Å². The molecule has 0 saturated carbocycles. The number of hydrogen-bond donors (Lipinski definition) is 0. The highest BCUT2D eigenvalue weighted by Crippen LogP contribution is 2.46. The molecule has 1 rings (SSSR count). The summed E-state index contributed by atoms with van der Waals surface area (Å²) in [5.74, 6) is -0.690. The van der Waals surface area contributed by atoms with Crippen molar-refractivity contribution in [1.82, 2.24) is 4.98 Å². The SMILES string of the molecule is CCCCCCOC(=O)C(C)(CC(C)(C)C(=O)OCCSSc1ccccn1)CC(C)(CC)C(=O)OCCOCCOCCOCCOCCOCCOC. The van der Waals surface area contributed by atoms with E-state index in [0.29, 0.717) is 78.2 Å². The molecule has 1 aromatic heterocycles. The highest BCUT2D eigenvalue weighted by atomic mass is 33.1. The number of esters is 3. The molecule has 13 nitrogen and oxygen atoms in total. The zero-order valence-electron chi connectivity index (χ0n) is 34.5. The lowest BCUT2D eigenvalue weighted by Crippen LogP contribution is -2.44. The zero-order chi connectivity index (χ0) is 40.7. The number of pyridine rings is 1. The summed E-state index contributed by atoms with van der Waals surface area (Å²) in [5, 5.41) is 0.881. The topological polar surface area (TPSA) is 147 Å². The molecule has 1 heterocycles. The standard InChI is InChI=1S/C40H69NO12S2/c1-8-10-11-14-17-51-37(44)40(6,32-38(3,4)35(42)53-30-31-54-55-34-15-12-13-16-41-34)33-39(5,9-2)36(43)52-29-28-50-27-26-49-25-24-48-23-22-47-21-20-46-19-18-45-7/h12-13,15-16H,8-11,14,17-33H2,1-7H3. The van der Waals surface area contributed by atoms with Gasteiger partial charge in [0.05, 0.1) is 95.5 Å². The predicted octanol–water partition coefficient (Wildman–Crippen LogP) is 6.99. The summed E-state index contributed by atoms with van der Waals surface area (Å²) in [7, 11) is 4.70. The summed E-state index contributed by atoms with van der Waals surface area (Å²) in [5.41, 5.74) is -3.20. The van der Waals surface area contributed by atoms with Crippen LogP contribution in [0.4, 0.5) is 0 Å². The number of aromatic nitrogens is 1. The van der Waals surface area contributed by atoms with Crippen LogP contribution in [0.3, 0.4) is 0 Å². The van der Waals surface area contributed by atoms with Gasteiger partial charge in [-0.25, -0.2) is 4.98 Å². The van der Waals surface area contributed by atoms with Crippen molar-refractivity contribution < 1.29 is 57.0 Å². The molecule has 0 fully saturated rings. The van der Waals surface area contributed by atoms with Crippen molar-refractivity contribution >= 4 is 39.5 Å². The lowest BCUT2D eigenvalue weighted by molar-refractivity contribution is -0.169. The Hall–Kier alpha value is -1.98. The van der Waals surface area contributed by atoms with Crippen LogP contribution in [-0.2, 0) is 57.0 Å². The molecule has 55 heavy (non-hydrogen) atoms. The number of carbonyl (C=O) groups is 3. The molecule has 0 N–H and O–H groups in total. The number of rotatable bonds is 36. The number of unbranched alkanes of at least 4 members (excludes halogenated alkanes) is 3. The monoisotopic (exact) mass is 819 g/mol. The first-order valence-corrected chi connectivity index (χ1v) is 21.9. The molecule has 15 heteroatoms. The fourth-order valence-corrected chi connectivity index (χ4v) is 7.38. The van der Waals surface area contributed by atoms with Gasteiger partial charge < -0.3 is 42.6 Å². The quantitative estimate of drug-likeness (QED) is 0.0296. The Labute approximate surface area is 338 Å². The highest BCUT2D eigenvalue weighted by Gasteiger charge is 2.49. The summed E-state index contributed by atoms with van der Waals surface area (Å²) in [6, 6.07) is 5.71. The van der Waals surface area contributed by atoms with E-state index in [1.807, 2.05) is 25.1 Å². The highest BCUT2D eigenvalue weighted by molar-refractivity contribution is 8.76. The van der Waals surface area contributed by atoms with Gasteiger partial charge in [-0.15, -0.1) is 0 Å². The van der Waals surface area contributed by atoms with E-state index in [2.05, 4.69) is 11.9 Å². The first kappa shape index (κ1) is 51.0. The number of nitrogens with zero attached hydrogens (tertiary/aromatic N) is 1. The van der Waals surface area contributed by atoms with Gasteiger partial charge in [0.15, 0.2) is 0 Å².